The number of aromatic nitrogens is 9. The number of halogens is 4. The quantitative estimate of drug-likeness (QED) is 0.0600. The van der Waals surface area contributed by atoms with Gasteiger partial charge >= 0.3 is 23.2 Å². The van der Waals surface area contributed by atoms with Gasteiger partial charge in [-0.05, 0) is 181 Å². The zero-order chi connectivity index (χ0) is 60.4. The fourth-order valence-corrected chi connectivity index (χ4v) is 10.0. The Labute approximate surface area is 496 Å². The molecule has 86 heavy (non-hydrogen) atoms. The molecular weight excluding hydrogens is 1130 g/mol. The summed E-state index contributed by atoms with van der Waals surface area (Å²) in [5.74, 6) is -0.446. The second-order valence-corrected chi connectivity index (χ2v) is 21.5. The average molecular weight is 1200 g/mol. The van der Waals surface area contributed by atoms with Crippen LogP contribution in [0, 0.1) is 29.3 Å². The Bertz CT molecular complexity index is 3970. The Morgan fingerprint density at radius 1 is 0.535 bits per heavy atom. The lowest BCUT2D eigenvalue weighted by Crippen LogP contribution is -2.42. The van der Waals surface area contributed by atoms with Crippen LogP contribution in [0.1, 0.15) is 72.1 Å². The monoisotopic (exact) mass is 1200 g/mol. The van der Waals surface area contributed by atoms with Crippen molar-refractivity contribution >= 4 is 47.8 Å². The predicted octanol–water partition coefficient (Wildman–Crippen LogP) is 9.58. The number of carbonyl (C=O) groups is 3. The van der Waals surface area contributed by atoms with E-state index < -0.39 is 17.5 Å². The van der Waals surface area contributed by atoms with Crippen LogP contribution in [0.15, 0.2) is 161 Å². The molecule has 0 aliphatic heterocycles. The molecule has 2 saturated carbocycles. The van der Waals surface area contributed by atoms with E-state index in [9.17, 15) is 41.9 Å². The molecule has 0 unspecified atom stereocenters. The maximum absolute atomic E-state index is 13.3. The summed E-state index contributed by atoms with van der Waals surface area (Å²) >= 11 is 0. The van der Waals surface area contributed by atoms with Gasteiger partial charge in [-0.3, -0.25) is 23.3 Å². The SMILES string of the molecule is CC(C)(C)OC(=O)NC1CCC(C(=O)Nc2cc(-c3c[nH]c(=O)n3-c3ccc(F)cc3)ccn2)CC1.Cl.NC1CCC(C(=O)Nc2cc(-c3c[nH]c(=O)n3-c3ccc(F)cc3)ccn2)CC1.Nc1cc(-c2c[nH]c(=O)n2-c2ccc(F)cc2)ccn1. The van der Waals surface area contributed by atoms with Gasteiger partial charge in [0.1, 0.15) is 40.5 Å². The second kappa shape index (κ2) is 27.7. The molecule has 2 aliphatic carbocycles. The molecule has 3 aromatic carbocycles. The third kappa shape index (κ3) is 15.9. The van der Waals surface area contributed by atoms with E-state index in [-0.39, 0.29) is 76.8 Å². The summed E-state index contributed by atoms with van der Waals surface area (Å²) in [7, 11) is 0. The zero-order valence-electron chi connectivity index (χ0n) is 47.1. The third-order valence-corrected chi connectivity index (χ3v) is 14.2. The predicted molar refractivity (Wildman–Crippen MR) is 323 cm³/mol. The van der Waals surface area contributed by atoms with Crippen LogP contribution in [-0.4, -0.2) is 79.2 Å². The largest absolute Gasteiger partial charge is 0.444 e. The Kier molecular flexibility index (Phi) is 20.1. The molecule has 0 saturated heterocycles. The molecule has 2 aliphatic rings. The average Bonchev–Trinajstić information content (AvgIpc) is 3.23. The third-order valence-electron chi connectivity index (χ3n) is 14.2. The number of anilines is 3. The number of imidazole rings is 3. The Morgan fingerprint density at radius 3 is 1.24 bits per heavy atom. The van der Waals surface area contributed by atoms with Gasteiger partial charge in [-0.25, -0.2) is 47.3 Å². The molecule has 0 radical (unpaired) electrons. The highest BCUT2D eigenvalue weighted by Gasteiger charge is 2.29. The number of hydrogen-bond acceptors (Lipinski definition) is 12. The molecule has 10 N–H and O–H groups in total. The molecule has 2 fully saturated rings. The smallest absolute Gasteiger partial charge is 0.407 e. The molecular formula is C61H64ClF3N14O7. The van der Waals surface area contributed by atoms with Crippen molar-refractivity contribution in [3.63, 3.8) is 0 Å². The minimum absolute atomic E-state index is 0. The van der Waals surface area contributed by atoms with Crippen molar-refractivity contribution in [2.75, 3.05) is 16.4 Å². The number of pyridine rings is 3. The van der Waals surface area contributed by atoms with Crippen molar-refractivity contribution in [2.45, 2.75) is 89.8 Å². The first-order valence-corrected chi connectivity index (χ1v) is 27.5. The highest BCUT2D eigenvalue weighted by molar-refractivity contribution is 5.93. The number of nitrogens with zero attached hydrogens (tertiary/aromatic N) is 6. The maximum Gasteiger partial charge on any atom is 0.407 e. The number of alkyl carbamates (subject to hydrolysis) is 1. The molecule has 11 rings (SSSR count). The lowest BCUT2D eigenvalue weighted by molar-refractivity contribution is -0.121. The first-order valence-electron chi connectivity index (χ1n) is 27.5. The molecule has 0 bridgehead atoms. The van der Waals surface area contributed by atoms with Gasteiger partial charge in [0.2, 0.25) is 11.8 Å². The summed E-state index contributed by atoms with van der Waals surface area (Å²) in [6.07, 6.45) is 14.8. The van der Waals surface area contributed by atoms with Gasteiger partial charge < -0.3 is 47.1 Å². The summed E-state index contributed by atoms with van der Waals surface area (Å²) in [5, 5.41) is 8.62. The van der Waals surface area contributed by atoms with Gasteiger partial charge in [0.25, 0.3) is 0 Å². The van der Waals surface area contributed by atoms with Crippen molar-refractivity contribution in [3.05, 3.63) is 195 Å². The summed E-state index contributed by atoms with van der Waals surface area (Å²) in [6.45, 7) is 5.44. The van der Waals surface area contributed by atoms with E-state index in [1.54, 1.807) is 85.7 Å². The van der Waals surface area contributed by atoms with Crippen LogP contribution in [0.25, 0.3) is 50.8 Å². The number of benzene rings is 3. The molecule has 0 spiro atoms. The van der Waals surface area contributed by atoms with Crippen molar-refractivity contribution < 1.29 is 32.3 Å². The van der Waals surface area contributed by atoms with E-state index in [4.69, 9.17) is 16.2 Å². The van der Waals surface area contributed by atoms with Crippen molar-refractivity contribution in [3.8, 4) is 50.8 Å². The number of nitrogens with one attached hydrogen (secondary N) is 6. The van der Waals surface area contributed by atoms with E-state index in [0.29, 0.717) is 88.4 Å². The lowest BCUT2D eigenvalue weighted by Gasteiger charge is -2.29. The normalized spacial score (nSPS) is 16.4. The highest BCUT2D eigenvalue weighted by Crippen LogP contribution is 2.30. The topological polar surface area (TPSA) is 301 Å². The zero-order valence-corrected chi connectivity index (χ0v) is 47.9. The van der Waals surface area contributed by atoms with Crippen LogP contribution in [-0.2, 0) is 14.3 Å². The first kappa shape index (κ1) is 62.2. The van der Waals surface area contributed by atoms with Crippen molar-refractivity contribution in [2.24, 2.45) is 17.6 Å². The Balaban J connectivity index is 0.000000173. The molecule has 0 atom stereocenters. The fourth-order valence-electron chi connectivity index (χ4n) is 10.0. The van der Waals surface area contributed by atoms with E-state index in [1.165, 1.54) is 74.4 Å². The molecule has 25 heteroatoms. The number of carbonyl (C=O) groups excluding carboxylic acids is 3. The Hall–Kier alpha value is -9.81. The summed E-state index contributed by atoms with van der Waals surface area (Å²) < 4.78 is 49.2. The number of amides is 3. The van der Waals surface area contributed by atoms with Gasteiger partial charge in [-0.1, -0.05) is 0 Å². The van der Waals surface area contributed by atoms with Gasteiger partial charge in [-0.15, -0.1) is 12.4 Å². The molecule has 448 valence electrons. The second-order valence-electron chi connectivity index (χ2n) is 21.5. The van der Waals surface area contributed by atoms with Crippen LogP contribution >= 0.6 is 12.4 Å². The first-order chi connectivity index (χ1) is 40.7. The number of aromatic amines is 3. The van der Waals surface area contributed by atoms with Gasteiger partial charge in [0.15, 0.2) is 0 Å². The molecule has 9 aromatic rings. The molecule has 21 nitrogen and oxygen atoms in total. The van der Waals surface area contributed by atoms with Gasteiger partial charge in [-0.2, -0.15) is 0 Å². The van der Waals surface area contributed by atoms with Crippen LogP contribution < -0.4 is 44.5 Å². The number of ether oxygens (including phenoxy) is 1. The Morgan fingerprint density at radius 2 is 0.884 bits per heavy atom. The van der Waals surface area contributed by atoms with Gasteiger partial charge in [0.05, 0.1) is 34.1 Å². The minimum Gasteiger partial charge on any atom is -0.444 e. The minimum atomic E-state index is -0.559. The van der Waals surface area contributed by atoms with Crippen LogP contribution in [0.3, 0.4) is 0 Å². The standard InChI is InChI=1S/C26H30FN5O4.C21H22FN5O2.C14H11FN4O.ClH/c1-26(2,3)36-25(35)30-19-8-4-16(5-9-19)23(33)31-22-14-17(12-13-28-22)21-15-29-24(34)32(21)20-10-6-18(27)7-11-20;22-15-3-7-17(8-4-15)27-18(12-25-21(27)29)14-9-10-24-19(11-14)26-20(28)13-1-5-16(23)6-2-13;15-10-1-3-11(4-2-10)19-12(8-18-14(19)20)9-5-6-17-13(16)7-9;/h6-7,10-16,19H,4-5,8-9H2,1-3H3,(H,29,34)(H,30,35)(H,28,31,33);3-4,7-13,16H,1-2,5-6,23H2,(H,25,29)(H,24,26,28);1-8H,(H2,16,17)(H,18,20);1H. The molecule has 6 aromatic heterocycles. The van der Waals surface area contributed by atoms with E-state index in [1.807, 2.05) is 20.8 Å². The van der Waals surface area contributed by atoms with Crippen LogP contribution in [0.2, 0.25) is 0 Å². The summed E-state index contributed by atoms with van der Waals surface area (Å²) in [6, 6.07) is 27.4. The summed E-state index contributed by atoms with van der Waals surface area (Å²) in [4.78, 5) is 94.5. The van der Waals surface area contributed by atoms with Crippen LogP contribution in [0.5, 0.6) is 0 Å². The highest BCUT2D eigenvalue weighted by atomic mass is 35.5. The van der Waals surface area contributed by atoms with Crippen molar-refractivity contribution in [1.29, 1.82) is 0 Å². The molecule has 6 heterocycles. The number of rotatable bonds is 11. The number of nitrogens with two attached hydrogens (primary N) is 2. The van der Waals surface area contributed by atoms with E-state index in [0.717, 1.165) is 31.2 Å². The molecule has 3 amide bonds. The number of nitrogen functional groups attached to an aromatic ring is 1. The van der Waals surface area contributed by atoms with E-state index in [2.05, 4.69) is 45.9 Å². The summed E-state index contributed by atoms with van der Waals surface area (Å²) in [5.41, 5.74) is 15.5. The van der Waals surface area contributed by atoms with Gasteiger partial charge in [0, 0.05) is 77.8 Å². The van der Waals surface area contributed by atoms with E-state index >= 15 is 0 Å². The number of hydrogen-bond donors (Lipinski definition) is 8. The van der Waals surface area contributed by atoms with Crippen molar-refractivity contribution in [1.82, 2.24) is 48.9 Å². The van der Waals surface area contributed by atoms with Crippen LogP contribution in [0.4, 0.5) is 35.4 Å². The number of H-pyrrole nitrogens is 3. The maximum atomic E-state index is 13.3. The fraction of sp³-hybridized carbons (Fsp3) is 0.262. The lowest BCUT2D eigenvalue weighted by atomic mass is 9.85.